The number of nitrogens with one attached hydrogen (secondary N) is 2. The highest BCUT2D eigenvalue weighted by molar-refractivity contribution is 6.00. The number of aliphatic hydroxyl groups is 1. The number of amides is 2. The fourth-order valence-corrected chi connectivity index (χ4v) is 5.76. The summed E-state index contributed by atoms with van der Waals surface area (Å²) < 4.78 is 11.1. The van der Waals surface area contributed by atoms with Crippen molar-refractivity contribution in [2.45, 2.75) is 70.7 Å². The van der Waals surface area contributed by atoms with Gasteiger partial charge in [-0.1, -0.05) is 50.2 Å². The number of rotatable bonds is 13. The van der Waals surface area contributed by atoms with Gasteiger partial charge in [-0.3, -0.25) is 14.6 Å². The number of aromatic nitrogens is 2. The lowest BCUT2D eigenvalue weighted by Gasteiger charge is -2.25. The second-order valence-corrected chi connectivity index (χ2v) is 12.2. The smallest absolute Gasteiger partial charge is 0.254 e. The second kappa shape index (κ2) is 15.2. The van der Waals surface area contributed by atoms with Crippen LogP contribution in [0.5, 0.6) is 5.75 Å². The summed E-state index contributed by atoms with van der Waals surface area (Å²) in [4.78, 5) is 38.0. The van der Waals surface area contributed by atoms with Crippen molar-refractivity contribution in [1.82, 2.24) is 25.5 Å². The zero-order valence-corrected chi connectivity index (χ0v) is 26.9. The van der Waals surface area contributed by atoms with Crippen molar-refractivity contribution >= 4 is 11.8 Å². The van der Waals surface area contributed by atoms with E-state index in [1.54, 1.807) is 29.4 Å². The Kier molecular flexibility index (Phi) is 10.8. The normalized spacial score (nSPS) is 16.0. The lowest BCUT2D eigenvalue weighted by Crippen LogP contribution is -2.48. The summed E-state index contributed by atoms with van der Waals surface area (Å²) in [5, 5.41) is 17.7. The summed E-state index contributed by atoms with van der Waals surface area (Å²) in [5.41, 5.74) is 4.50. The van der Waals surface area contributed by atoms with Crippen molar-refractivity contribution in [2.75, 3.05) is 20.2 Å². The first kappa shape index (κ1) is 32.8. The topological polar surface area (TPSA) is 130 Å². The van der Waals surface area contributed by atoms with Gasteiger partial charge in [0.05, 0.1) is 24.9 Å². The van der Waals surface area contributed by atoms with Crippen molar-refractivity contribution in [3.05, 3.63) is 113 Å². The van der Waals surface area contributed by atoms with Crippen molar-refractivity contribution in [1.29, 1.82) is 0 Å². The van der Waals surface area contributed by atoms with Crippen LogP contribution in [0.15, 0.2) is 77.7 Å². The molecule has 1 aliphatic heterocycles. The van der Waals surface area contributed by atoms with Gasteiger partial charge < -0.3 is 29.8 Å². The molecule has 0 aliphatic carbocycles. The first-order valence-electron chi connectivity index (χ1n) is 15.8. The quantitative estimate of drug-likeness (QED) is 0.190. The number of hydrogen-bond acceptors (Lipinski definition) is 8. The van der Waals surface area contributed by atoms with Crippen molar-refractivity contribution < 1.29 is 23.8 Å². The molecule has 46 heavy (non-hydrogen) atoms. The van der Waals surface area contributed by atoms with Gasteiger partial charge in [-0.2, -0.15) is 0 Å². The molecule has 3 N–H and O–H groups in total. The lowest BCUT2D eigenvalue weighted by molar-refractivity contribution is 0.0715. The van der Waals surface area contributed by atoms with E-state index in [2.05, 4.69) is 40.5 Å². The van der Waals surface area contributed by atoms with Gasteiger partial charge in [0.15, 0.2) is 0 Å². The lowest BCUT2D eigenvalue weighted by atomic mass is 10.00. The minimum absolute atomic E-state index is 0.229. The molecule has 1 aliphatic rings. The van der Waals surface area contributed by atoms with Gasteiger partial charge in [0.2, 0.25) is 5.89 Å². The first-order chi connectivity index (χ1) is 22.2. The van der Waals surface area contributed by atoms with Crippen LogP contribution in [-0.4, -0.2) is 64.1 Å². The average molecular weight is 626 g/mol. The number of aliphatic hydroxyl groups excluding tert-OH is 1. The van der Waals surface area contributed by atoms with Gasteiger partial charge in [0.25, 0.3) is 11.8 Å². The summed E-state index contributed by atoms with van der Waals surface area (Å²) in [6, 6.07) is 15.8. The van der Waals surface area contributed by atoms with Crippen LogP contribution in [0.25, 0.3) is 0 Å². The Morgan fingerprint density at radius 2 is 1.87 bits per heavy atom. The van der Waals surface area contributed by atoms with Crippen LogP contribution in [0.4, 0.5) is 0 Å². The molecule has 0 radical (unpaired) electrons. The number of oxazole rings is 1. The van der Waals surface area contributed by atoms with E-state index < -0.39 is 18.1 Å². The third-order valence-corrected chi connectivity index (χ3v) is 8.33. The van der Waals surface area contributed by atoms with Crippen LogP contribution < -0.4 is 15.4 Å². The molecule has 0 bridgehead atoms. The number of hydrogen-bond donors (Lipinski definition) is 3. The minimum atomic E-state index is -0.897. The maximum Gasteiger partial charge on any atom is 0.254 e. The molecule has 4 aromatic rings. The molecule has 0 spiro atoms. The van der Waals surface area contributed by atoms with Gasteiger partial charge in [-0.15, -0.1) is 0 Å². The molecule has 10 nitrogen and oxygen atoms in total. The van der Waals surface area contributed by atoms with Gasteiger partial charge in [-0.25, -0.2) is 4.98 Å². The van der Waals surface area contributed by atoms with E-state index in [1.807, 2.05) is 49.6 Å². The molecule has 1 saturated heterocycles. The monoisotopic (exact) mass is 625 g/mol. The fourth-order valence-electron chi connectivity index (χ4n) is 5.76. The van der Waals surface area contributed by atoms with Gasteiger partial charge in [0, 0.05) is 43.2 Å². The Balaban J connectivity index is 1.32. The summed E-state index contributed by atoms with van der Waals surface area (Å²) in [5.74, 6) is 0.623. The molecular weight excluding hydrogens is 582 g/mol. The molecule has 10 heteroatoms. The van der Waals surface area contributed by atoms with Crippen LogP contribution in [0, 0.1) is 6.92 Å². The summed E-state index contributed by atoms with van der Waals surface area (Å²) in [7, 11) is 1.50. The zero-order chi connectivity index (χ0) is 32.6. The maximum atomic E-state index is 13.8. The highest BCUT2D eigenvalue weighted by Gasteiger charge is 2.34. The molecule has 3 atom stereocenters. The highest BCUT2D eigenvalue weighted by Crippen LogP contribution is 2.33. The number of likely N-dealkylation sites (tertiary alicyclic amines) is 1. The van der Waals surface area contributed by atoms with E-state index in [0.717, 1.165) is 35.2 Å². The third-order valence-electron chi connectivity index (χ3n) is 8.33. The number of pyridine rings is 1. The predicted octanol–water partition coefficient (Wildman–Crippen LogP) is 4.98. The SMILES string of the molecule is COc1cc(C(=O)N[C@@H](Cc2ccccc2)[C@H](O)CNCc2cncc(C(C)C)c2)cc(C(=O)N2CCC[C@@H]2c2nc(C)co2)c1. The molecule has 3 heterocycles. The molecule has 0 unspecified atom stereocenters. The Morgan fingerprint density at radius 1 is 1.09 bits per heavy atom. The van der Waals surface area contributed by atoms with Gasteiger partial charge in [-0.05, 0) is 67.0 Å². The molecule has 5 rings (SSSR count). The number of methoxy groups -OCH3 is 1. The number of benzene rings is 2. The Labute approximate surface area is 270 Å². The summed E-state index contributed by atoms with van der Waals surface area (Å²) >= 11 is 0. The number of carbonyl (C=O) groups is 2. The van der Waals surface area contributed by atoms with Crippen LogP contribution >= 0.6 is 0 Å². The Hall–Kier alpha value is -4.54. The van der Waals surface area contributed by atoms with Gasteiger partial charge in [0.1, 0.15) is 18.1 Å². The fraction of sp³-hybridized carbons (Fsp3) is 0.389. The minimum Gasteiger partial charge on any atom is -0.497 e. The molecular formula is C36H43N5O5. The number of aryl methyl sites for hydroxylation is 1. The number of carbonyl (C=O) groups excluding carboxylic acids is 2. The van der Waals surface area contributed by atoms with E-state index in [0.29, 0.717) is 42.6 Å². The second-order valence-electron chi connectivity index (χ2n) is 12.2. The van der Waals surface area contributed by atoms with E-state index in [4.69, 9.17) is 9.15 Å². The molecule has 2 amide bonds. The predicted molar refractivity (Wildman–Crippen MR) is 175 cm³/mol. The van der Waals surface area contributed by atoms with Crippen LogP contribution in [0.1, 0.15) is 87.6 Å². The molecule has 0 saturated carbocycles. The highest BCUT2D eigenvalue weighted by atomic mass is 16.5. The van der Waals surface area contributed by atoms with Crippen LogP contribution in [-0.2, 0) is 13.0 Å². The largest absolute Gasteiger partial charge is 0.497 e. The molecule has 2 aromatic heterocycles. The molecule has 2 aromatic carbocycles. The number of nitrogens with zero attached hydrogens (tertiary/aromatic N) is 3. The summed E-state index contributed by atoms with van der Waals surface area (Å²) in [6.45, 7) is 7.43. The standard InChI is InChI=1S/C36H43N5O5/c1-23(2)29-13-26(18-37-20-29)19-38-21-33(42)31(14-25-9-6-5-7-10-25)40-34(43)27-15-28(17-30(16-27)45-4)36(44)41-12-8-11-32(41)35-39-24(3)22-46-35/h5-7,9-10,13,15-18,20,22-23,31-33,38,42H,8,11-12,14,19,21H2,1-4H3,(H,40,43)/t31-,32+,33+/m0/s1. The van der Waals surface area contributed by atoms with Crippen LogP contribution in [0.2, 0.25) is 0 Å². The van der Waals surface area contributed by atoms with E-state index in [-0.39, 0.29) is 24.1 Å². The van der Waals surface area contributed by atoms with E-state index >= 15 is 0 Å². The van der Waals surface area contributed by atoms with Gasteiger partial charge >= 0.3 is 0 Å². The molecule has 1 fully saturated rings. The van der Waals surface area contributed by atoms with Crippen molar-refractivity contribution in [3.63, 3.8) is 0 Å². The molecule has 242 valence electrons. The number of ether oxygens (including phenoxy) is 1. The zero-order valence-electron chi connectivity index (χ0n) is 26.9. The first-order valence-corrected chi connectivity index (χ1v) is 15.8. The van der Waals surface area contributed by atoms with E-state index in [1.165, 1.54) is 7.11 Å². The van der Waals surface area contributed by atoms with Crippen molar-refractivity contribution in [2.24, 2.45) is 0 Å². The van der Waals surface area contributed by atoms with Crippen molar-refractivity contribution in [3.8, 4) is 5.75 Å². The van der Waals surface area contributed by atoms with E-state index in [9.17, 15) is 14.7 Å². The third kappa shape index (κ3) is 8.18. The average Bonchev–Trinajstić information content (AvgIpc) is 3.73. The Morgan fingerprint density at radius 3 is 2.59 bits per heavy atom. The maximum absolute atomic E-state index is 13.8. The van der Waals surface area contributed by atoms with Crippen LogP contribution in [0.3, 0.4) is 0 Å². The Bertz CT molecular complexity index is 1620. The summed E-state index contributed by atoms with van der Waals surface area (Å²) in [6.07, 6.45) is 6.35.